The average molecular weight is 476 g/mol. The van der Waals surface area contributed by atoms with E-state index in [0.29, 0.717) is 41.3 Å². The Labute approximate surface area is 195 Å². The number of carbonyl (C=O) groups is 1. The van der Waals surface area contributed by atoms with Gasteiger partial charge in [-0.3, -0.25) is 9.20 Å². The number of amides is 1. The molecule has 1 aromatic carbocycles. The molecule has 4 N–H and O–H groups in total. The zero-order chi connectivity index (χ0) is 24.0. The maximum absolute atomic E-state index is 15.2. The molecule has 1 atom stereocenters. The van der Waals surface area contributed by atoms with Crippen LogP contribution in [0.15, 0.2) is 18.5 Å². The van der Waals surface area contributed by atoms with Crippen molar-refractivity contribution in [2.24, 2.45) is 0 Å². The summed E-state index contributed by atoms with van der Waals surface area (Å²) in [5.74, 6) is -0.808. The summed E-state index contributed by atoms with van der Waals surface area (Å²) < 4.78 is 23.0. The van der Waals surface area contributed by atoms with Gasteiger partial charge in [0.1, 0.15) is 28.5 Å². The van der Waals surface area contributed by atoms with Crippen molar-refractivity contribution in [3.63, 3.8) is 0 Å². The zero-order valence-corrected chi connectivity index (χ0v) is 19.7. The summed E-state index contributed by atoms with van der Waals surface area (Å²) in [6, 6.07) is 1.25. The van der Waals surface area contributed by atoms with Gasteiger partial charge in [0.15, 0.2) is 5.82 Å². The first-order chi connectivity index (χ1) is 15.6. The van der Waals surface area contributed by atoms with Crippen LogP contribution in [0, 0.1) is 12.7 Å². The molecule has 2 aromatic heterocycles. The molecule has 3 aromatic rings. The summed E-state index contributed by atoms with van der Waals surface area (Å²) in [7, 11) is 0. The highest BCUT2D eigenvalue weighted by atomic mass is 35.5. The molecule has 8 nitrogen and oxygen atoms in total. The van der Waals surface area contributed by atoms with E-state index in [0.717, 1.165) is 0 Å². The number of nitrogens with two attached hydrogens (primary N) is 1. The van der Waals surface area contributed by atoms with E-state index in [1.54, 1.807) is 26.2 Å². The van der Waals surface area contributed by atoms with Crippen molar-refractivity contribution in [1.29, 1.82) is 0 Å². The van der Waals surface area contributed by atoms with Crippen LogP contribution in [0.5, 0.6) is 5.75 Å². The van der Waals surface area contributed by atoms with E-state index < -0.39 is 23.7 Å². The lowest BCUT2D eigenvalue weighted by Gasteiger charge is -2.32. The standard InChI is InChI=1S/C23H27ClFN5O3/c1-10(2)33-20-15(11(3)22-28-12(4)19-21(26)27-5-6-30(19)22)9-16(24)18(25)17(20)23(32)29-13-7-14(31)8-13/h5-6,9-11,13-14,31H,7-8H2,1-4H3,(H2,26,27)(H,29,32)/t11?,13-,14-. The lowest BCUT2D eigenvalue weighted by atomic mass is 9.89. The number of hydrogen-bond acceptors (Lipinski definition) is 6. The van der Waals surface area contributed by atoms with Crippen LogP contribution in [0.25, 0.3) is 5.52 Å². The molecule has 0 aliphatic heterocycles. The number of nitrogen functional groups attached to an aromatic ring is 1. The minimum absolute atomic E-state index is 0.119. The quantitative estimate of drug-likeness (QED) is 0.501. The first kappa shape index (κ1) is 23.3. The fraction of sp³-hybridized carbons (Fsp3) is 0.435. The molecule has 2 heterocycles. The van der Waals surface area contributed by atoms with Crippen LogP contribution in [0.1, 0.15) is 67.0 Å². The largest absolute Gasteiger partial charge is 0.490 e. The van der Waals surface area contributed by atoms with E-state index in [2.05, 4.69) is 15.3 Å². The predicted octanol–water partition coefficient (Wildman–Crippen LogP) is 3.60. The van der Waals surface area contributed by atoms with Gasteiger partial charge in [0, 0.05) is 29.9 Å². The Morgan fingerprint density at radius 1 is 1.39 bits per heavy atom. The fourth-order valence-electron chi connectivity index (χ4n) is 4.19. The summed E-state index contributed by atoms with van der Waals surface area (Å²) in [6.45, 7) is 7.31. The second kappa shape index (κ2) is 8.79. The number of imidazole rings is 1. The number of aliphatic hydroxyl groups is 1. The number of aryl methyl sites for hydroxylation is 1. The average Bonchev–Trinajstić information content (AvgIpc) is 3.06. The molecule has 176 valence electrons. The lowest BCUT2D eigenvalue weighted by molar-refractivity contribution is 0.0559. The van der Waals surface area contributed by atoms with Gasteiger partial charge >= 0.3 is 0 Å². The second-order valence-electron chi connectivity index (χ2n) is 8.74. The molecule has 33 heavy (non-hydrogen) atoms. The van der Waals surface area contributed by atoms with Crippen LogP contribution in [0.3, 0.4) is 0 Å². The molecule has 0 saturated heterocycles. The van der Waals surface area contributed by atoms with Crippen LogP contribution < -0.4 is 15.8 Å². The summed E-state index contributed by atoms with van der Waals surface area (Å²) in [5.41, 5.74) is 7.70. The van der Waals surface area contributed by atoms with Gasteiger partial charge in [0.2, 0.25) is 0 Å². The normalized spacial score (nSPS) is 18.9. The van der Waals surface area contributed by atoms with Crippen LogP contribution in [-0.2, 0) is 0 Å². The Hall–Kier alpha value is -2.91. The maximum atomic E-state index is 15.2. The fourth-order valence-corrected chi connectivity index (χ4v) is 4.40. The minimum Gasteiger partial charge on any atom is -0.490 e. The number of carbonyl (C=O) groups excluding carboxylic acids is 1. The van der Waals surface area contributed by atoms with Gasteiger partial charge in [-0.15, -0.1) is 0 Å². The lowest BCUT2D eigenvalue weighted by Crippen LogP contribution is -2.47. The molecule has 1 fully saturated rings. The number of aliphatic hydroxyl groups excluding tert-OH is 1. The topological polar surface area (TPSA) is 115 Å². The van der Waals surface area contributed by atoms with E-state index in [-0.39, 0.29) is 28.5 Å². The van der Waals surface area contributed by atoms with Gasteiger partial charge in [-0.2, -0.15) is 0 Å². The van der Waals surface area contributed by atoms with Crippen molar-refractivity contribution in [3.8, 4) is 5.75 Å². The number of benzene rings is 1. The number of ether oxygens (including phenoxy) is 1. The van der Waals surface area contributed by atoms with Crippen LogP contribution in [0.4, 0.5) is 10.2 Å². The summed E-state index contributed by atoms with van der Waals surface area (Å²) in [4.78, 5) is 21.9. The van der Waals surface area contributed by atoms with Crippen molar-refractivity contribution in [3.05, 3.63) is 51.9 Å². The highest BCUT2D eigenvalue weighted by Crippen LogP contribution is 2.40. The SMILES string of the molecule is Cc1nc(C(C)c2cc(Cl)c(F)c(C(=O)N[C@H]3C[C@H](O)C3)c2OC(C)C)n2ccnc(N)c12. The number of nitrogens with zero attached hydrogens (tertiary/aromatic N) is 3. The number of nitrogens with one attached hydrogen (secondary N) is 1. The van der Waals surface area contributed by atoms with E-state index in [1.807, 2.05) is 18.2 Å². The Balaban J connectivity index is 1.85. The van der Waals surface area contributed by atoms with E-state index in [9.17, 15) is 9.90 Å². The second-order valence-corrected chi connectivity index (χ2v) is 9.14. The van der Waals surface area contributed by atoms with Crippen molar-refractivity contribution < 1.29 is 19.0 Å². The van der Waals surface area contributed by atoms with Gasteiger partial charge in [0.05, 0.1) is 22.9 Å². The summed E-state index contributed by atoms with van der Waals surface area (Å²) >= 11 is 6.25. The highest BCUT2D eigenvalue weighted by Gasteiger charge is 2.33. The first-order valence-corrected chi connectivity index (χ1v) is 11.2. The summed E-state index contributed by atoms with van der Waals surface area (Å²) in [6.07, 6.45) is 3.39. The number of anilines is 1. The van der Waals surface area contributed by atoms with Gasteiger partial charge in [-0.25, -0.2) is 14.4 Å². The van der Waals surface area contributed by atoms with E-state index in [4.69, 9.17) is 22.1 Å². The van der Waals surface area contributed by atoms with Gasteiger partial charge in [-0.05, 0) is 39.7 Å². The van der Waals surface area contributed by atoms with Gasteiger partial charge in [0.25, 0.3) is 5.91 Å². The van der Waals surface area contributed by atoms with Crippen LogP contribution in [0.2, 0.25) is 5.02 Å². The number of fused-ring (bicyclic) bond motifs is 1. The molecule has 1 unspecified atom stereocenters. The van der Waals surface area contributed by atoms with Gasteiger partial charge in [-0.1, -0.05) is 18.5 Å². The van der Waals surface area contributed by atoms with Crippen molar-refractivity contribution in [2.75, 3.05) is 5.73 Å². The van der Waals surface area contributed by atoms with Crippen LogP contribution in [-0.4, -0.2) is 43.6 Å². The molecule has 1 aliphatic rings. The minimum atomic E-state index is -0.849. The van der Waals surface area contributed by atoms with Crippen molar-refractivity contribution in [2.45, 2.75) is 64.7 Å². The molecule has 1 aliphatic carbocycles. The molecule has 10 heteroatoms. The third-order valence-corrected chi connectivity index (χ3v) is 6.14. The van der Waals surface area contributed by atoms with E-state index >= 15 is 4.39 Å². The third kappa shape index (κ3) is 4.22. The number of rotatable bonds is 6. The molecular weight excluding hydrogens is 449 g/mol. The maximum Gasteiger partial charge on any atom is 0.258 e. The Kier molecular flexibility index (Phi) is 6.20. The number of hydrogen-bond donors (Lipinski definition) is 3. The van der Waals surface area contributed by atoms with Gasteiger partial charge < -0.3 is 20.9 Å². The smallest absolute Gasteiger partial charge is 0.258 e. The Morgan fingerprint density at radius 2 is 2.09 bits per heavy atom. The Morgan fingerprint density at radius 3 is 2.73 bits per heavy atom. The monoisotopic (exact) mass is 475 g/mol. The third-order valence-electron chi connectivity index (χ3n) is 5.87. The summed E-state index contributed by atoms with van der Waals surface area (Å²) in [5, 5.41) is 12.1. The highest BCUT2D eigenvalue weighted by molar-refractivity contribution is 6.31. The molecular formula is C23H27ClFN5O3. The molecule has 1 saturated carbocycles. The number of halogens is 2. The zero-order valence-electron chi connectivity index (χ0n) is 18.9. The molecule has 1 amide bonds. The molecule has 0 radical (unpaired) electrons. The number of aromatic nitrogens is 3. The molecule has 0 bridgehead atoms. The Bertz CT molecular complexity index is 1220. The van der Waals surface area contributed by atoms with Crippen LogP contribution >= 0.6 is 11.6 Å². The first-order valence-electron chi connectivity index (χ1n) is 10.8. The molecule has 4 rings (SSSR count). The van der Waals surface area contributed by atoms with Crippen molar-refractivity contribution >= 4 is 28.8 Å². The van der Waals surface area contributed by atoms with E-state index in [1.165, 1.54) is 6.07 Å². The predicted molar refractivity (Wildman–Crippen MR) is 123 cm³/mol. The van der Waals surface area contributed by atoms with Crippen molar-refractivity contribution in [1.82, 2.24) is 19.7 Å². The molecule has 0 spiro atoms.